The molecule has 1 saturated heterocycles. The summed E-state index contributed by atoms with van der Waals surface area (Å²) >= 11 is 5.85. The van der Waals surface area contributed by atoms with Crippen LogP contribution in [-0.4, -0.2) is 58.3 Å². The summed E-state index contributed by atoms with van der Waals surface area (Å²) in [6, 6.07) is 10.8. The summed E-state index contributed by atoms with van der Waals surface area (Å²) in [5, 5.41) is 11.5. The first-order chi connectivity index (χ1) is 14.3. The average molecular weight is 450 g/mol. The molecule has 0 unspecified atom stereocenters. The smallest absolute Gasteiger partial charge is 0.271 e. The van der Waals surface area contributed by atoms with Gasteiger partial charge in [0.15, 0.2) is 0 Å². The van der Waals surface area contributed by atoms with Gasteiger partial charge in [0.1, 0.15) is 5.82 Å². The average Bonchev–Trinajstić information content (AvgIpc) is 3.03. The molecular weight excluding hydrogens is 430 g/mol. The number of imidazole rings is 1. The van der Waals surface area contributed by atoms with Crippen LogP contribution in [0.2, 0.25) is 5.02 Å². The zero-order valence-electron chi connectivity index (χ0n) is 16.2. The van der Waals surface area contributed by atoms with Crippen molar-refractivity contribution in [1.29, 1.82) is 0 Å². The molecule has 1 fully saturated rings. The molecular formula is C19H20ClN5O4S. The summed E-state index contributed by atoms with van der Waals surface area (Å²) in [6.07, 6.45) is 0. The molecule has 1 aromatic heterocycles. The fraction of sp³-hybridized carbons (Fsp3) is 0.316. The van der Waals surface area contributed by atoms with Crippen LogP contribution in [0.15, 0.2) is 47.4 Å². The lowest BCUT2D eigenvalue weighted by atomic mass is 10.3. The largest absolute Gasteiger partial charge is 0.330 e. The summed E-state index contributed by atoms with van der Waals surface area (Å²) in [5.74, 6) is 0.777. The molecule has 0 radical (unpaired) electrons. The third kappa shape index (κ3) is 3.91. The number of fused-ring (bicyclic) bond motifs is 1. The molecule has 0 bridgehead atoms. The Morgan fingerprint density at radius 1 is 1.10 bits per heavy atom. The van der Waals surface area contributed by atoms with Crippen molar-refractivity contribution in [2.24, 2.45) is 7.05 Å². The Kier molecular flexibility index (Phi) is 5.49. The fourth-order valence-electron chi connectivity index (χ4n) is 3.58. The first kappa shape index (κ1) is 20.7. The minimum absolute atomic E-state index is 0.00757. The maximum Gasteiger partial charge on any atom is 0.271 e. The molecule has 0 saturated carbocycles. The van der Waals surface area contributed by atoms with Gasteiger partial charge in [0.2, 0.25) is 10.0 Å². The molecule has 2 aromatic carbocycles. The van der Waals surface area contributed by atoms with E-state index >= 15 is 0 Å². The number of halogens is 1. The minimum Gasteiger partial charge on any atom is -0.330 e. The van der Waals surface area contributed by atoms with E-state index in [1.165, 1.54) is 28.6 Å². The second-order valence-electron chi connectivity index (χ2n) is 7.15. The topological polar surface area (TPSA) is 102 Å². The molecule has 4 rings (SSSR count). The molecule has 0 N–H and O–H groups in total. The van der Waals surface area contributed by atoms with Crippen LogP contribution in [-0.2, 0) is 23.6 Å². The summed E-state index contributed by atoms with van der Waals surface area (Å²) in [7, 11) is -1.68. The van der Waals surface area contributed by atoms with Crippen LogP contribution >= 0.6 is 11.6 Å². The van der Waals surface area contributed by atoms with Crippen LogP contribution in [0.4, 0.5) is 5.69 Å². The summed E-state index contributed by atoms with van der Waals surface area (Å²) in [4.78, 5) is 17.5. The van der Waals surface area contributed by atoms with Gasteiger partial charge in [0.05, 0.1) is 27.4 Å². The number of sulfonamides is 1. The van der Waals surface area contributed by atoms with Crippen LogP contribution < -0.4 is 0 Å². The van der Waals surface area contributed by atoms with Gasteiger partial charge in [-0.1, -0.05) is 11.6 Å². The molecule has 1 aliphatic rings. The lowest BCUT2D eigenvalue weighted by Crippen LogP contribution is -2.48. The summed E-state index contributed by atoms with van der Waals surface area (Å²) in [5.41, 5.74) is 1.40. The third-order valence-electron chi connectivity index (χ3n) is 5.32. The summed E-state index contributed by atoms with van der Waals surface area (Å²) in [6.45, 7) is 2.42. The van der Waals surface area contributed by atoms with Crippen LogP contribution in [0, 0.1) is 10.1 Å². The zero-order valence-corrected chi connectivity index (χ0v) is 17.8. The second-order valence-corrected chi connectivity index (χ2v) is 9.53. The Hall–Kier alpha value is -2.53. The van der Waals surface area contributed by atoms with Crippen LogP contribution in [0.1, 0.15) is 5.82 Å². The highest BCUT2D eigenvalue weighted by molar-refractivity contribution is 7.89. The molecule has 0 atom stereocenters. The van der Waals surface area contributed by atoms with E-state index in [1.54, 1.807) is 18.2 Å². The normalized spacial score (nSPS) is 16.2. The van der Waals surface area contributed by atoms with Crippen molar-refractivity contribution in [2.75, 3.05) is 26.2 Å². The predicted octanol–water partition coefficient (Wildman–Crippen LogP) is 2.64. The van der Waals surface area contributed by atoms with E-state index in [4.69, 9.17) is 11.6 Å². The van der Waals surface area contributed by atoms with Crippen molar-refractivity contribution < 1.29 is 13.3 Å². The van der Waals surface area contributed by atoms with Gasteiger partial charge in [-0.05, 0) is 30.3 Å². The van der Waals surface area contributed by atoms with Crippen molar-refractivity contribution >= 4 is 38.3 Å². The van der Waals surface area contributed by atoms with Crippen molar-refractivity contribution in [3.05, 3.63) is 63.4 Å². The van der Waals surface area contributed by atoms with Gasteiger partial charge in [0.25, 0.3) is 5.69 Å². The molecule has 0 aliphatic carbocycles. The number of hydrogen-bond donors (Lipinski definition) is 0. The van der Waals surface area contributed by atoms with Crippen LogP contribution in [0.25, 0.3) is 11.0 Å². The van der Waals surface area contributed by atoms with Gasteiger partial charge in [0, 0.05) is 50.4 Å². The van der Waals surface area contributed by atoms with E-state index in [0.29, 0.717) is 43.3 Å². The monoisotopic (exact) mass is 449 g/mol. The van der Waals surface area contributed by atoms with E-state index in [1.807, 2.05) is 11.6 Å². The number of piperazine rings is 1. The highest BCUT2D eigenvalue weighted by Gasteiger charge is 2.29. The molecule has 0 spiro atoms. The Bertz CT molecular complexity index is 1200. The number of rotatable bonds is 5. The lowest BCUT2D eigenvalue weighted by molar-refractivity contribution is -0.384. The third-order valence-corrected chi connectivity index (χ3v) is 7.48. The Morgan fingerprint density at radius 2 is 1.77 bits per heavy atom. The maximum absolute atomic E-state index is 12.8. The zero-order chi connectivity index (χ0) is 21.5. The molecule has 1 aliphatic heterocycles. The van der Waals surface area contributed by atoms with Crippen molar-refractivity contribution in [2.45, 2.75) is 11.4 Å². The molecule has 2 heterocycles. The van der Waals surface area contributed by atoms with E-state index in [2.05, 4.69) is 9.88 Å². The maximum atomic E-state index is 12.8. The number of nitrogens with zero attached hydrogens (tertiary/aromatic N) is 5. The lowest BCUT2D eigenvalue weighted by Gasteiger charge is -2.33. The quantitative estimate of drug-likeness (QED) is 0.438. The summed E-state index contributed by atoms with van der Waals surface area (Å²) < 4.78 is 29.0. The van der Waals surface area contributed by atoms with Gasteiger partial charge in [-0.15, -0.1) is 0 Å². The molecule has 0 amide bonds. The van der Waals surface area contributed by atoms with Crippen molar-refractivity contribution in [3.63, 3.8) is 0 Å². The molecule has 9 nitrogen and oxygen atoms in total. The SMILES string of the molecule is Cn1c(CN2CCN(S(=O)(=O)c3ccc(Cl)cc3)CC2)nc2cc([N+](=O)[O-])ccc21. The molecule has 158 valence electrons. The number of hydrogen-bond acceptors (Lipinski definition) is 6. The fourth-order valence-corrected chi connectivity index (χ4v) is 5.12. The Morgan fingerprint density at radius 3 is 2.40 bits per heavy atom. The van der Waals surface area contributed by atoms with E-state index in [0.717, 1.165) is 11.3 Å². The van der Waals surface area contributed by atoms with Crippen molar-refractivity contribution in [3.8, 4) is 0 Å². The number of nitro benzene ring substituents is 1. The van der Waals surface area contributed by atoms with Gasteiger partial charge in [-0.2, -0.15) is 4.31 Å². The molecule has 30 heavy (non-hydrogen) atoms. The van der Waals surface area contributed by atoms with Crippen molar-refractivity contribution in [1.82, 2.24) is 18.8 Å². The number of benzene rings is 2. The van der Waals surface area contributed by atoms with E-state index in [-0.39, 0.29) is 10.6 Å². The van der Waals surface area contributed by atoms with Gasteiger partial charge < -0.3 is 4.57 Å². The standard InChI is InChI=1S/C19H20ClN5O4S/c1-22-18-7-4-15(25(26)27)12-17(18)21-19(22)13-23-8-10-24(11-9-23)30(28,29)16-5-2-14(20)3-6-16/h2-7,12H,8-11,13H2,1H3. The predicted molar refractivity (Wildman–Crippen MR) is 113 cm³/mol. The number of nitro groups is 1. The second kappa shape index (κ2) is 7.95. The highest BCUT2D eigenvalue weighted by Crippen LogP contribution is 2.23. The van der Waals surface area contributed by atoms with Gasteiger partial charge >= 0.3 is 0 Å². The first-order valence-corrected chi connectivity index (χ1v) is 11.2. The Balaban J connectivity index is 1.45. The van der Waals surface area contributed by atoms with E-state index in [9.17, 15) is 18.5 Å². The Labute approximate surface area is 178 Å². The first-order valence-electron chi connectivity index (χ1n) is 9.33. The van der Waals surface area contributed by atoms with Crippen LogP contribution in [0.3, 0.4) is 0 Å². The van der Waals surface area contributed by atoms with Gasteiger partial charge in [-0.25, -0.2) is 13.4 Å². The molecule has 3 aromatic rings. The van der Waals surface area contributed by atoms with Crippen LogP contribution in [0.5, 0.6) is 0 Å². The number of aryl methyl sites for hydroxylation is 1. The molecule has 11 heteroatoms. The minimum atomic E-state index is -3.55. The highest BCUT2D eigenvalue weighted by atomic mass is 35.5. The van der Waals surface area contributed by atoms with Gasteiger partial charge in [-0.3, -0.25) is 15.0 Å². The number of aromatic nitrogens is 2. The van der Waals surface area contributed by atoms with E-state index < -0.39 is 14.9 Å². The number of non-ortho nitro benzene ring substituents is 1.